The fraction of sp³-hybridized carbons (Fsp3) is 0.619. The Morgan fingerprint density at radius 2 is 1.89 bits per heavy atom. The van der Waals surface area contributed by atoms with Crippen molar-refractivity contribution in [1.29, 1.82) is 0 Å². The average Bonchev–Trinajstić information content (AvgIpc) is 2.66. The van der Waals surface area contributed by atoms with Crippen LogP contribution in [0.2, 0.25) is 0 Å². The quantitative estimate of drug-likeness (QED) is 0.222. The fourth-order valence-corrected chi connectivity index (χ4v) is 3.48. The minimum Gasteiger partial charge on any atom is -0.356 e. The lowest BCUT2D eigenvalue weighted by Gasteiger charge is -2.33. The number of piperidine rings is 1. The number of rotatable bonds is 8. The number of carbonyl (C=O) groups excluding carboxylic acids is 1. The summed E-state index contributed by atoms with van der Waals surface area (Å²) >= 11 is 0. The molecule has 0 aromatic heterocycles. The van der Waals surface area contributed by atoms with Gasteiger partial charge < -0.3 is 20.9 Å². The van der Waals surface area contributed by atoms with Crippen LogP contribution in [0.4, 0.5) is 5.69 Å². The van der Waals surface area contributed by atoms with Crippen LogP contribution in [0.15, 0.2) is 29.3 Å². The highest BCUT2D eigenvalue weighted by Crippen LogP contribution is 2.16. The van der Waals surface area contributed by atoms with Crippen LogP contribution in [0.25, 0.3) is 0 Å². The van der Waals surface area contributed by atoms with E-state index in [9.17, 15) is 4.79 Å². The Bertz CT molecular complexity index is 605. The van der Waals surface area contributed by atoms with Crippen LogP contribution in [-0.2, 0) is 11.2 Å². The highest BCUT2D eigenvalue weighted by atomic mass is 127. The first-order chi connectivity index (χ1) is 13.1. The molecule has 1 unspecified atom stereocenters. The Hall–Kier alpha value is -1.35. The third-order valence-electron chi connectivity index (χ3n) is 5.06. The number of amides is 1. The molecule has 28 heavy (non-hydrogen) atoms. The molecule has 0 saturated carbocycles. The van der Waals surface area contributed by atoms with E-state index < -0.39 is 0 Å². The van der Waals surface area contributed by atoms with Crippen molar-refractivity contribution >= 4 is 41.5 Å². The lowest BCUT2D eigenvalue weighted by atomic mass is 10.0. The first-order valence-electron chi connectivity index (χ1n) is 10.1. The van der Waals surface area contributed by atoms with E-state index in [0.29, 0.717) is 0 Å². The molecule has 1 aromatic carbocycles. The zero-order chi connectivity index (χ0) is 19.5. The summed E-state index contributed by atoms with van der Waals surface area (Å²) in [6.45, 7) is 8.02. The molecule has 1 heterocycles. The molecule has 1 amide bonds. The number of likely N-dealkylation sites (tertiary alicyclic amines) is 1. The predicted octanol–water partition coefficient (Wildman–Crippen LogP) is 3.24. The normalized spacial score (nSPS) is 17.5. The van der Waals surface area contributed by atoms with Crippen LogP contribution in [0.5, 0.6) is 0 Å². The molecular formula is C21H36IN5O. The molecule has 0 bridgehead atoms. The van der Waals surface area contributed by atoms with E-state index in [1.165, 1.54) is 38.3 Å². The lowest BCUT2D eigenvalue weighted by Crippen LogP contribution is -2.41. The molecule has 1 aliphatic heterocycles. The number of nitrogens with zero attached hydrogens (tertiary/aromatic N) is 2. The van der Waals surface area contributed by atoms with Crippen LogP contribution in [-0.4, -0.2) is 56.0 Å². The third kappa shape index (κ3) is 9.23. The minimum atomic E-state index is -0.0472. The Labute approximate surface area is 187 Å². The molecule has 0 radical (unpaired) electrons. The van der Waals surface area contributed by atoms with Gasteiger partial charge >= 0.3 is 0 Å². The average molecular weight is 501 g/mol. The van der Waals surface area contributed by atoms with E-state index in [-0.39, 0.29) is 29.9 Å². The second-order valence-electron chi connectivity index (χ2n) is 7.29. The van der Waals surface area contributed by atoms with Gasteiger partial charge in [-0.25, -0.2) is 0 Å². The summed E-state index contributed by atoms with van der Waals surface area (Å²) in [5.41, 5.74) is 2.06. The first kappa shape index (κ1) is 24.7. The summed E-state index contributed by atoms with van der Waals surface area (Å²) < 4.78 is 0. The van der Waals surface area contributed by atoms with Crippen molar-refractivity contribution in [2.24, 2.45) is 4.99 Å². The first-order valence-corrected chi connectivity index (χ1v) is 10.1. The van der Waals surface area contributed by atoms with E-state index in [0.717, 1.165) is 50.2 Å². The second kappa shape index (κ2) is 13.8. The molecule has 7 heteroatoms. The van der Waals surface area contributed by atoms with Gasteiger partial charge in [0.1, 0.15) is 0 Å². The van der Waals surface area contributed by atoms with Gasteiger partial charge in [0.25, 0.3) is 0 Å². The van der Waals surface area contributed by atoms with Crippen molar-refractivity contribution in [3.8, 4) is 0 Å². The number of aliphatic imine (C=N–C) groups is 1. The van der Waals surface area contributed by atoms with E-state index in [1.807, 2.05) is 31.3 Å². The summed E-state index contributed by atoms with van der Waals surface area (Å²) in [6.07, 6.45) is 6.10. The number of benzene rings is 1. The van der Waals surface area contributed by atoms with Gasteiger partial charge in [0.2, 0.25) is 5.91 Å². The number of guanidine groups is 1. The van der Waals surface area contributed by atoms with Crippen LogP contribution in [0.3, 0.4) is 0 Å². The topological polar surface area (TPSA) is 68.8 Å². The Morgan fingerprint density at radius 3 is 2.54 bits per heavy atom. The van der Waals surface area contributed by atoms with E-state index in [1.54, 1.807) is 0 Å². The van der Waals surface area contributed by atoms with Crippen molar-refractivity contribution in [2.45, 2.75) is 52.0 Å². The van der Waals surface area contributed by atoms with Crippen molar-refractivity contribution < 1.29 is 4.79 Å². The van der Waals surface area contributed by atoms with Gasteiger partial charge in [0.05, 0.1) is 0 Å². The van der Waals surface area contributed by atoms with Crippen molar-refractivity contribution in [2.75, 3.05) is 38.5 Å². The van der Waals surface area contributed by atoms with E-state index >= 15 is 0 Å². The van der Waals surface area contributed by atoms with Crippen molar-refractivity contribution in [1.82, 2.24) is 15.5 Å². The summed E-state index contributed by atoms with van der Waals surface area (Å²) in [4.78, 5) is 18.0. The van der Waals surface area contributed by atoms with Crippen LogP contribution in [0, 0.1) is 0 Å². The van der Waals surface area contributed by atoms with Crippen LogP contribution >= 0.6 is 24.0 Å². The summed E-state index contributed by atoms with van der Waals surface area (Å²) in [6, 6.07) is 8.69. The zero-order valence-corrected chi connectivity index (χ0v) is 19.8. The Balaban J connectivity index is 0.00000392. The molecule has 0 spiro atoms. The smallest absolute Gasteiger partial charge is 0.221 e. The standard InChI is InChI=1S/C21H35N5O.HI/c1-17-7-4-5-15-26(17)16-6-13-23-21(22-3)24-14-12-19-8-10-20(11-9-19)25-18(2)27;/h8-11,17H,4-7,12-16H2,1-3H3,(H,25,27)(H2,22,23,24);1H. The van der Waals surface area contributed by atoms with Gasteiger partial charge in [-0.05, 0) is 56.8 Å². The van der Waals surface area contributed by atoms with E-state index in [4.69, 9.17) is 0 Å². The van der Waals surface area contributed by atoms with Crippen LogP contribution < -0.4 is 16.0 Å². The van der Waals surface area contributed by atoms with Gasteiger partial charge in [0, 0.05) is 45.3 Å². The van der Waals surface area contributed by atoms with Gasteiger partial charge in [0.15, 0.2) is 5.96 Å². The third-order valence-corrected chi connectivity index (χ3v) is 5.06. The number of nitrogens with one attached hydrogen (secondary N) is 3. The molecule has 0 aliphatic carbocycles. The maximum absolute atomic E-state index is 11.0. The minimum absolute atomic E-state index is 0. The SMILES string of the molecule is CN=C(NCCCN1CCCCC1C)NCCc1ccc(NC(C)=O)cc1.I. The van der Waals surface area contributed by atoms with Crippen molar-refractivity contribution in [3.63, 3.8) is 0 Å². The molecule has 1 atom stereocenters. The van der Waals surface area contributed by atoms with Gasteiger partial charge in [-0.1, -0.05) is 18.6 Å². The maximum Gasteiger partial charge on any atom is 0.221 e. The molecule has 3 N–H and O–H groups in total. The lowest BCUT2D eigenvalue weighted by molar-refractivity contribution is -0.114. The highest BCUT2D eigenvalue weighted by Gasteiger charge is 2.17. The second-order valence-corrected chi connectivity index (χ2v) is 7.29. The summed E-state index contributed by atoms with van der Waals surface area (Å²) in [7, 11) is 1.81. The largest absolute Gasteiger partial charge is 0.356 e. The van der Waals surface area contributed by atoms with Gasteiger partial charge in [-0.15, -0.1) is 24.0 Å². The number of carbonyl (C=O) groups is 1. The Morgan fingerprint density at radius 1 is 1.18 bits per heavy atom. The predicted molar refractivity (Wildman–Crippen MR) is 129 cm³/mol. The Kier molecular flexibility index (Phi) is 12.1. The number of hydrogen-bond acceptors (Lipinski definition) is 3. The van der Waals surface area contributed by atoms with Crippen molar-refractivity contribution in [3.05, 3.63) is 29.8 Å². The molecule has 1 saturated heterocycles. The molecular weight excluding hydrogens is 465 g/mol. The number of anilines is 1. The molecule has 2 rings (SSSR count). The van der Waals surface area contributed by atoms with Crippen LogP contribution in [0.1, 0.15) is 45.1 Å². The highest BCUT2D eigenvalue weighted by molar-refractivity contribution is 14.0. The molecule has 1 aliphatic rings. The zero-order valence-electron chi connectivity index (χ0n) is 17.5. The number of halogens is 1. The fourth-order valence-electron chi connectivity index (χ4n) is 3.48. The molecule has 158 valence electrons. The molecule has 1 fully saturated rings. The monoisotopic (exact) mass is 501 g/mol. The van der Waals surface area contributed by atoms with E-state index in [2.05, 4.69) is 32.8 Å². The molecule has 1 aromatic rings. The molecule has 6 nitrogen and oxygen atoms in total. The summed E-state index contributed by atoms with van der Waals surface area (Å²) in [5, 5.41) is 9.56. The summed E-state index contributed by atoms with van der Waals surface area (Å²) in [5.74, 6) is 0.811. The van der Waals surface area contributed by atoms with Gasteiger partial charge in [-0.3, -0.25) is 9.79 Å². The van der Waals surface area contributed by atoms with Gasteiger partial charge in [-0.2, -0.15) is 0 Å². The maximum atomic E-state index is 11.0. The number of hydrogen-bond donors (Lipinski definition) is 3.